The van der Waals surface area contributed by atoms with E-state index in [1.165, 1.54) is 60.9 Å². The average molecular weight is 448 g/mol. The molecule has 0 radical (unpaired) electrons. The minimum absolute atomic E-state index is 0.0934. The van der Waals surface area contributed by atoms with E-state index in [0.29, 0.717) is 22.5 Å². The predicted molar refractivity (Wildman–Crippen MR) is 98.1 cm³/mol. The van der Waals surface area contributed by atoms with Gasteiger partial charge < -0.3 is 0 Å². The van der Waals surface area contributed by atoms with Crippen molar-refractivity contribution in [2.45, 2.75) is 23.7 Å². The fourth-order valence-electron chi connectivity index (χ4n) is 3.26. The summed E-state index contributed by atoms with van der Waals surface area (Å²) in [6.07, 6.45) is -6.36. The van der Waals surface area contributed by atoms with Crippen molar-refractivity contribution >= 4 is 0 Å². The molecule has 0 atom stereocenters. The molecule has 0 aliphatic carbocycles. The summed E-state index contributed by atoms with van der Waals surface area (Å²) in [7, 11) is 0. The molecule has 0 unspecified atom stereocenters. The molecule has 2 aromatic carbocycles. The lowest BCUT2D eigenvalue weighted by Crippen LogP contribution is -2.29. The molecule has 0 saturated carbocycles. The number of alkyl halides is 6. The lowest BCUT2D eigenvalue weighted by Gasteiger charge is -2.15. The van der Waals surface area contributed by atoms with Gasteiger partial charge in [0.2, 0.25) is 0 Å². The topological polar surface area (TPSA) is 75.2 Å². The van der Waals surface area contributed by atoms with Gasteiger partial charge in [-0.05, 0) is 0 Å². The SMILES string of the molecule is FC(F)(F)C1(c2ccc(-c3cnc(-c4ccc(C5(C(F)(F)F)N=N5)cc4)cn3)cc2)N=N1. The van der Waals surface area contributed by atoms with Crippen molar-refractivity contribution < 1.29 is 26.3 Å². The summed E-state index contributed by atoms with van der Waals surface area (Å²) in [5.74, 6) is 0. The van der Waals surface area contributed by atoms with Crippen LogP contribution in [0.4, 0.5) is 26.3 Å². The highest BCUT2D eigenvalue weighted by Gasteiger charge is 2.65. The molecule has 162 valence electrons. The Bertz CT molecular complexity index is 1120. The van der Waals surface area contributed by atoms with Crippen LogP contribution in [0.5, 0.6) is 0 Å². The molecular formula is C20H10F6N6. The molecule has 2 aliphatic rings. The molecule has 32 heavy (non-hydrogen) atoms. The maximum absolute atomic E-state index is 13.1. The van der Waals surface area contributed by atoms with E-state index in [2.05, 4.69) is 30.4 Å². The van der Waals surface area contributed by atoms with Gasteiger partial charge in [-0.1, -0.05) is 48.5 Å². The van der Waals surface area contributed by atoms with Gasteiger partial charge in [-0.3, -0.25) is 9.97 Å². The first-order chi connectivity index (χ1) is 15.1. The molecule has 2 aliphatic heterocycles. The van der Waals surface area contributed by atoms with E-state index in [4.69, 9.17) is 0 Å². The van der Waals surface area contributed by atoms with Gasteiger partial charge in [0.15, 0.2) is 0 Å². The molecule has 3 heterocycles. The fourth-order valence-corrected chi connectivity index (χ4v) is 3.26. The van der Waals surface area contributed by atoms with Crippen molar-refractivity contribution in [3.8, 4) is 22.5 Å². The number of halogens is 6. The maximum Gasteiger partial charge on any atom is 0.442 e. The van der Waals surface area contributed by atoms with Crippen LogP contribution in [0.2, 0.25) is 0 Å². The van der Waals surface area contributed by atoms with Crippen LogP contribution in [-0.4, -0.2) is 22.3 Å². The van der Waals surface area contributed by atoms with Gasteiger partial charge in [-0.2, -0.15) is 26.3 Å². The highest BCUT2D eigenvalue weighted by atomic mass is 19.4. The fraction of sp³-hybridized carbons (Fsp3) is 0.200. The van der Waals surface area contributed by atoms with Gasteiger partial charge >= 0.3 is 23.7 Å². The van der Waals surface area contributed by atoms with Gasteiger partial charge in [0.05, 0.1) is 23.8 Å². The van der Waals surface area contributed by atoms with E-state index in [-0.39, 0.29) is 11.1 Å². The third kappa shape index (κ3) is 3.05. The van der Waals surface area contributed by atoms with Crippen molar-refractivity contribution in [2.75, 3.05) is 0 Å². The molecule has 3 aromatic rings. The largest absolute Gasteiger partial charge is 0.442 e. The van der Waals surface area contributed by atoms with Crippen LogP contribution in [0.3, 0.4) is 0 Å². The summed E-state index contributed by atoms with van der Waals surface area (Å²) in [4.78, 5) is 8.51. The second-order valence-corrected chi connectivity index (χ2v) is 7.18. The Morgan fingerprint density at radius 2 is 0.812 bits per heavy atom. The van der Waals surface area contributed by atoms with Gasteiger partial charge in [0.25, 0.3) is 0 Å². The van der Waals surface area contributed by atoms with E-state index < -0.39 is 23.7 Å². The first-order valence-corrected chi connectivity index (χ1v) is 9.11. The standard InChI is InChI=1S/C20H10F6N6/c21-19(22,23)17(29-30-17)13-5-1-11(2-6-13)15-9-28-16(10-27-15)12-3-7-14(8-4-12)18(31-32-18)20(24,25)26/h1-10H. The third-order valence-corrected chi connectivity index (χ3v) is 5.21. The molecular weight excluding hydrogens is 438 g/mol. The van der Waals surface area contributed by atoms with E-state index in [1.54, 1.807) is 0 Å². The zero-order valence-electron chi connectivity index (χ0n) is 15.7. The number of rotatable bonds is 4. The quantitative estimate of drug-likeness (QED) is 0.448. The number of nitrogens with zero attached hydrogens (tertiary/aromatic N) is 6. The Morgan fingerprint density at radius 3 is 1.03 bits per heavy atom. The zero-order valence-corrected chi connectivity index (χ0v) is 15.7. The Morgan fingerprint density at radius 1 is 0.500 bits per heavy atom. The van der Waals surface area contributed by atoms with Crippen LogP contribution in [0.15, 0.2) is 81.4 Å². The molecule has 5 rings (SSSR count). The van der Waals surface area contributed by atoms with Crippen molar-refractivity contribution in [2.24, 2.45) is 20.5 Å². The molecule has 0 N–H and O–H groups in total. The zero-order chi connectivity index (χ0) is 22.8. The molecule has 0 bridgehead atoms. The maximum atomic E-state index is 13.1. The summed E-state index contributed by atoms with van der Waals surface area (Å²) < 4.78 is 78.5. The van der Waals surface area contributed by atoms with Crippen LogP contribution in [-0.2, 0) is 11.3 Å². The second kappa shape index (κ2) is 6.40. The minimum atomic E-state index is -4.60. The average Bonchev–Trinajstić information content (AvgIpc) is 3.66. The lowest BCUT2D eigenvalue weighted by atomic mass is 10.00. The molecule has 0 fully saturated rings. The summed E-state index contributed by atoms with van der Waals surface area (Å²) in [6, 6.07) is 11.0. The van der Waals surface area contributed by atoms with Crippen LogP contribution >= 0.6 is 0 Å². The van der Waals surface area contributed by atoms with Crippen LogP contribution in [0.25, 0.3) is 22.5 Å². The highest BCUT2D eigenvalue weighted by molar-refractivity contribution is 5.63. The van der Waals surface area contributed by atoms with Crippen molar-refractivity contribution in [1.29, 1.82) is 0 Å². The lowest BCUT2D eigenvalue weighted by molar-refractivity contribution is -0.166. The molecule has 0 amide bonds. The van der Waals surface area contributed by atoms with E-state index in [1.807, 2.05) is 0 Å². The smallest absolute Gasteiger partial charge is 0.252 e. The Hall–Kier alpha value is -3.70. The van der Waals surface area contributed by atoms with Crippen molar-refractivity contribution in [3.63, 3.8) is 0 Å². The van der Waals surface area contributed by atoms with Crippen LogP contribution < -0.4 is 0 Å². The highest BCUT2D eigenvalue weighted by Crippen LogP contribution is 2.53. The monoisotopic (exact) mass is 448 g/mol. The minimum Gasteiger partial charge on any atom is -0.252 e. The summed E-state index contributed by atoms with van der Waals surface area (Å²) >= 11 is 0. The van der Waals surface area contributed by atoms with E-state index in [0.717, 1.165) is 0 Å². The van der Waals surface area contributed by atoms with Gasteiger partial charge in [-0.15, -0.1) is 20.5 Å². The van der Waals surface area contributed by atoms with E-state index >= 15 is 0 Å². The predicted octanol–water partition coefficient (Wildman–Crippen LogP) is 6.17. The second-order valence-electron chi connectivity index (χ2n) is 7.18. The Labute approximate surface area is 175 Å². The number of aromatic nitrogens is 2. The van der Waals surface area contributed by atoms with Crippen LogP contribution in [0, 0.1) is 0 Å². The molecule has 1 aromatic heterocycles. The van der Waals surface area contributed by atoms with E-state index in [9.17, 15) is 26.3 Å². The normalized spacial score (nSPS) is 17.9. The molecule has 6 nitrogen and oxygen atoms in total. The van der Waals surface area contributed by atoms with Crippen molar-refractivity contribution in [3.05, 3.63) is 72.1 Å². The Kier molecular flexibility index (Phi) is 4.05. The molecule has 12 heteroatoms. The van der Waals surface area contributed by atoms with Crippen LogP contribution in [0.1, 0.15) is 11.1 Å². The molecule has 0 saturated heterocycles. The molecule has 0 spiro atoms. The van der Waals surface area contributed by atoms with Gasteiger partial charge in [0, 0.05) is 22.3 Å². The Balaban J connectivity index is 1.34. The summed E-state index contributed by atoms with van der Waals surface area (Å²) in [6.45, 7) is 0. The first-order valence-electron chi connectivity index (χ1n) is 9.11. The summed E-state index contributed by atoms with van der Waals surface area (Å²) in [5, 5.41) is 12.6. The van der Waals surface area contributed by atoms with Gasteiger partial charge in [0.1, 0.15) is 0 Å². The number of hydrogen-bond acceptors (Lipinski definition) is 6. The first kappa shape index (κ1) is 20.2. The van der Waals surface area contributed by atoms with Crippen molar-refractivity contribution in [1.82, 2.24) is 9.97 Å². The number of benzene rings is 2. The summed E-state index contributed by atoms with van der Waals surface area (Å²) in [5.41, 5.74) is -3.27. The van der Waals surface area contributed by atoms with Gasteiger partial charge in [-0.25, -0.2) is 0 Å². The third-order valence-electron chi connectivity index (χ3n) is 5.21. The number of hydrogen-bond donors (Lipinski definition) is 0.